The minimum atomic E-state index is -0.0306. The van der Waals surface area contributed by atoms with E-state index in [4.69, 9.17) is 11.6 Å². The van der Waals surface area contributed by atoms with Crippen LogP contribution in [0.3, 0.4) is 0 Å². The van der Waals surface area contributed by atoms with Gasteiger partial charge >= 0.3 is 0 Å². The van der Waals surface area contributed by atoms with Crippen molar-refractivity contribution >= 4 is 33.9 Å². The summed E-state index contributed by atoms with van der Waals surface area (Å²) in [5.74, 6) is 0.699. The van der Waals surface area contributed by atoms with Crippen LogP contribution in [0.25, 0.3) is 10.8 Å². The number of hydrogen-bond donors (Lipinski definition) is 1. The van der Waals surface area contributed by atoms with Crippen molar-refractivity contribution in [1.29, 1.82) is 5.26 Å². The van der Waals surface area contributed by atoms with Gasteiger partial charge in [0.1, 0.15) is 0 Å². The first-order valence-corrected chi connectivity index (χ1v) is 9.11. The van der Waals surface area contributed by atoms with E-state index in [1.54, 1.807) is 0 Å². The molecule has 0 bridgehead atoms. The average Bonchev–Trinajstić information content (AvgIpc) is 2.63. The number of halogens is 1. The summed E-state index contributed by atoms with van der Waals surface area (Å²) in [6.07, 6.45) is 0. The van der Waals surface area contributed by atoms with Gasteiger partial charge in [0.15, 0.2) is 5.82 Å². The van der Waals surface area contributed by atoms with Gasteiger partial charge in [0.05, 0.1) is 34.1 Å². The van der Waals surface area contributed by atoms with Gasteiger partial charge in [-0.2, -0.15) is 10.4 Å². The van der Waals surface area contributed by atoms with Crippen molar-refractivity contribution < 1.29 is 0 Å². The van der Waals surface area contributed by atoms with Crippen LogP contribution < -0.4 is 10.2 Å². The highest BCUT2D eigenvalue weighted by Gasteiger charge is 2.16. The number of nitrogens with zero attached hydrogens (tertiary/aromatic N) is 4. The van der Waals surface area contributed by atoms with Gasteiger partial charge in [-0.3, -0.25) is 0 Å². The fourth-order valence-corrected chi connectivity index (χ4v) is 3.60. The molecule has 1 aromatic heterocycles. The van der Waals surface area contributed by atoms with Crippen molar-refractivity contribution in [3.05, 3.63) is 57.7 Å². The monoisotopic (exact) mass is 379 g/mol. The zero-order valence-electron chi connectivity index (χ0n) is 16.1. The minimum absolute atomic E-state index is 0.0306. The van der Waals surface area contributed by atoms with E-state index in [1.165, 1.54) is 0 Å². The molecule has 0 aliphatic carbocycles. The molecule has 0 saturated heterocycles. The predicted octanol–water partition coefficient (Wildman–Crippen LogP) is 5.01. The first-order chi connectivity index (χ1) is 12.8. The van der Waals surface area contributed by atoms with Gasteiger partial charge in [0.2, 0.25) is 0 Å². The SMILES string of the molecule is Cc1c(C#N)cccc1[C@@H](C)Nc1nnc(C)c2cc(Cl)c(N(C)C)cc12. The number of hydrogen-bond acceptors (Lipinski definition) is 5. The van der Waals surface area contributed by atoms with Crippen LogP contribution in [0, 0.1) is 25.2 Å². The Morgan fingerprint density at radius 2 is 1.89 bits per heavy atom. The van der Waals surface area contributed by atoms with E-state index in [-0.39, 0.29) is 6.04 Å². The second-order valence-corrected chi connectivity index (χ2v) is 7.28. The molecule has 0 saturated carbocycles. The summed E-state index contributed by atoms with van der Waals surface area (Å²) in [5.41, 5.74) is 4.48. The first kappa shape index (κ1) is 18.9. The third-order valence-corrected chi connectivity index (χ3v) is 5.13. The molecule has 2 aromatic carbocycles. The molecule has 1 atom stereocenters. The van der Waals surface area contributed by atoms with Crippen LogP contribution >= 0.6 is 11.6 Å². The molecule has 1 heterocycles. The zero-order valence-corrected chi connectivity index (χ0v) is 16.9. The van der Waals surface area contributed by atoms with E-state index in [1.807, 2.05) is 63.2 Å². The molecule has 27 heavy (non-hydrogen) atoms. The van der Waals surface area contributed by atoms with Crippen molar-refractivity contribution in [2.75, 3.05) is 24.3 Å². The van der Waals surface area contributed by atoms with Crippen LogP contribution in [0.4, 0.5) is 11.5 Å². The summed E-state index contributed by atoms with van der Waals surface area (Å²) < 4.78 is 0. The van der Waals surface area contributed by atoms with E-state index >= 15 is 0 Å². The van der Waals surface area contributed by atoms with Crippen LogP contribution in [0.5, 0.6) is 0 Å². The molecule has 0 aliphatic rings. The number of nitrogens with one attached hydrogen (secondary N) is 1. The normalized spacial score (nSPS) is 11.9. The van der Waals surface area contributed by atoms with Gasteiger partial charge in [-0.05, 0) is 50.1 Å². The first-order valence-electron chi connectivity index (χ1n) is 8.73. The Hall–Kier alpha value is -2.84. The van der Waals surface area contributed by atoms with Gasteiger partial charge in [-0.15, -0.1) is 5.10 Å². The van der Waals surface area contributed by atoms with Crippen LogP contribution in [0.15, 0.2) is 30.3 Å². The molecule has 1 N–H and O–H groups in total. The quantitative estimate of drug-likeness (QED) is 0.690. The maximum absolute atomic E-state index is 9.28. The molecular weight excluding hydrogens is 358 g/mol. The van der Waals surface area contributed by atoms with Crippen LogP contribution in [-0.4, -0.2) is 24.3 Å². The van der Waals surface area contributed by atoms with E-state index in [0.29, 0.717) is 16.4 Å². The molecule has 138 valence electrons. The Labute approximate surface area is 164 Å². The summed E-state index contributed by atoms with van der Waals surface area (Å²) in [4.78, 5) is 1.98. The Morgan fingerprint density at radius 1 is 1.15 bits per heavy atom. The highest BCUT2D eigenvalue weighted by Crippen LogP contribution is 2.35. The summed E-state index contributed by atoms with van der Waals surface area (Å²) in [6.45, 7) is 5.95. The molecule has 0 aliphatic heterocycles. The maximum Gasteiger partial charge on any atom is 0.157 e. The Morgan fingerprint density at radius 3 is 2.56 bits per heavy atom. The number of aromatic nitrogens is 2. The minimum Gasteiger partial charge on any atom is -0.376 e. The highest BCUT2D eigenvalue weighted by molar-refractivity contribution is 6.34. The second-order valence-electron chi connectivity index (χ2n) is 6.88. The standard InChI is InChI=1S/C21H22ClN5/c1-12-15(11-23)7-6-8-16(12)13(2)24-21-18-10-20(27(4)5)19(22)9-17(18)14(3)25-26-21/h6-10,13H,1-5H3,(H,24,26)/t13-/m1/s1. The van der Waals surface area contributed by atoms with Gasteiger partial charge < -0.3 is 10.2 Å². The molecule has 0 amide bonds. The molecular formula is C21H22ClN5. The van der Waals surface area contributed by atoms with Crippen molar-refractivity contribution in [2.45, 2.75) is 26.8 Å². The molecule has 6 heteroatoms. The Kier molecular flexibility index (Phi) is 5.20. The lowest BCUT2D eigenvalue weighted by molar-refractivity contribution is 0.852. The topological polar surface area (TPSA) is 64.8 Å². The second kappa shape index (κ2) is 7.42. The molecule has 0 unspecified atom stereocenters. The van der Waals surface area contributed by atoms with Gasteiger partial charge in [-0.1, -0.05) is 23.7 Å². The number of benzene rings is 2. The Bertz CT molecular complexity index is 1050. The van der Waals surface area contributed by atoms with Gasteiger partial charge in [0.25, 0.3) is 0 Å². The molecule has 3 aromatic rings. The largest absolute Gasteiger partial charge is 0.376 e. The van der Waals surface area contributed by atoms with Crippen LogP contribution in [0.1, 0.15) is 35.3 Å². The van der Waals surface area contributed by atoms with E-state index in [2.05, 4.69) is 28.5 Å². The smallest absolute Gasteiger partial charge is 0.157 e. The molecule has 5 nitrogen and oxygen atoms in total. The molecule has 0 radical (unpaired) electrons. The molecule has 3 rings (SSSR count). The third kappa shape index (κ3) is 3.54. The van der Waals surface area contributed by atoms with Gasteiger partial charge in [0, 0.05) is 24.9 Å². The summed E-state index contributed by atoms with van der Waals surface area (Å²) >= 11 is 6.44. The maximum atomic E-state index is 9.28. The lowest BCUT2D eigenvalue weighted by Crippen LogP contribution is -2.12. The number of anilines is 2. The highest BCUT2D eigenvalue weighted by atomic mass is 35.5. The Balaban J connectivity index is 2.08. The fraction of sp³-hybridized carbons (Fsp3) is 0.286. The van der Waals surface area contributed by atoms with Crippen LogP contribution in [0.2, 0.25) is 5.02 Å². The van der Waals surface area contributed by atoms with E-state index < -0.39 is 0 Å². The lowest BCUT2D eigenvalue weighted by Gasteiger charge is -2.20. The fourth-order valence-electron chi connectivity index (χ4n) is 3.27. The van der Waals surface area contributed by atoms with Crippen molar-refractivity contribution in [3.63, 3.8) is 0 Å². The predicted molar refractivity (Wildman–Crippen MR) is 112 cm³/mol. The number of fused-ring (bicyclic) bond motifs is 1. The van der Waals surface area contributed by atoms with E-state index in [9.17, 15) is 5.26 Å². The number of nitriles is 1. The van der Waals surface area contributed by atoms with E-state index in [0.717, 1.165) is 33.3 Å². The summed E-state index contributed by atoms with van der Waals surface area (Å²) in [5, 5.41) is 24.0. The third-order valence-electron chi connectivity index (χ3n) is 4.83. The number of rotatable bonds is 4. The van der Waals surface area contributed by atoms with Crippen molar-refractivity contribution in [3.8, 4) is 6.07 Å². The average molecular weight is 380 g/mol. The lowest BCUT2D eigenvalue weighted by atomic mass is 9.98. The van der Waals surface area contributed by atoms with Crippen LogP contribution in [-0.2, 0) is 0 Å². The number of aryl methyl sites for hydroxylation is 1. The zero-order chi connectivity index (χ0) is 19.7. The molecule has 0 fully saturated rings. The summed E-state index contributed by atoms with van der Waals surface area (Å²) in [7, 11) is 3.92. The van der Waals surface area contributed by atoms with Crippen molar-refractivity contribution in [1.82, 2.24) is 10.2 Å². The molecule has 0 spiro atoms. The summed E-state index contributed by atoms with van der Waals surface area (Å²) in [6, 6.07) is 11.9. The van der Waals surface area contributed by atoms with Crippen molar-refractivity contribution in [2.24, 2.45) is 0 Å². The van der Waals surface area contributed by atoms with Gasteiger partial charge in [-0.25, -0.2) is 0 Å².